The summed E-state index contributed by atoms with van der Waals surface area (Å²) in [6.45, 7) is 8.61. The molecule has 0 aromatic carbocycles. The number of carbonyl (C=O) groups excluding carboxylic acids is 2. The molecule has 0 saturated carbocycles. The lowest BCUT2D eigenvalue weighted by Gasteiger charge is -2.03. The van der Waals surface area contributed by atoms with E-state index >= 15 is 0 Å². The first-order valence-corrected chi connectivity index (χ1v) is 14.7. The van der Waals surface area contributed by atoms with E-state index in [9.17, 15) is 14.4 Å². The molecule has 42 heavy (non-hydrogen) atoms. The molecule has 3 aromatic rings. The van der Waals surface area contributed by atoms with Crippen LogP contribution >= 0.6 is 11.6 Å². The number of aromatic carboxylic acids is 1. The molecule has 0 amide bonds. The number of unbranched alkanes of at least 4 members (excludes halogenated alkanes) is 4. The molecule has 0 spiro atoms. The molecule has 0 fully saturated rings. The minimum Gasteiger partial charge on any atom is -0.477 e. The van der Waals surface area contributed by atoms with Crippen molar-refractivity contribution in [2.24, 2.45) is 0 Å². The Morgan fingerprint density at radius 1 is 0.643 bits per heavy atom. The van der Waals surface area contributed by atoms with E-state index in [-0.39, 0.29) is 17.4 Å². The second-order valence-corrected chi connectivity index (χ2v) is 9.56. The topological polar surface area (TPSA) is 129 Å². The second-order valence-electron chi connectivity index (χ2n) is 9.13. The van der Waals surface area contributed by atoms with Gasteiger partial charge in [-0.1, -0.05) is 63.3 Å². The Morgan fingerprint density at radius 3 is 1.40 bits per heavy atom. The fourth-order valence-corrected chi connectivity index (χ4v) is 3.57. The van der Waals surface area contributed by atoms with Gasteiger partial charge in [-0.2, -0.15) is 0 Å². The van der Waals surface area contributed by atoms with Gasteiger partial charge in [-0.3, -0.25) is 0 Å². The van der Waals surface area contributed by atoms with Crippen molar-refractivity contribution in [3.8, 4) is 0 Å². The number of pyridine rings is 3. The lowest BCUT2D eigenvalue weighted by molar-refractivity contribution is 0.0510. The number of esters is 2. The summed E-state index contributed by atoms with van der Waals surface area (Å²) in [5, 5.41) is 9.13. The lowest BCUT2D eigenvalue weighted by Crippen LogP contribution is -2.06. The SMILES string of the molecule is CCCCCc1ccc(C(=O)O)nc1.CCCCCc1ccc(C(=O)OCC)nc1.CCOC(=O)c1ccc(Cl)cn1. The van der Waals surface area contributed by atoms with Crippen LogP contribution in [0.5, 0.6) is 0 Å². The molecule has 1 N–H and O–H groups in total. The number of aromatic nitrogens is 3. The van der Waals surface area contributed by atoms with E-state index in [1.807, 2.05) is 12.1 Å². The van der Waals surface area contributed by atoms with Gasteiger partial charge in [0.15, 0.2) is 0 Å². The largest absolute Gasteiger partial charge is 0.477 e. The van der Waals surface area contributed by atoms with Gasteiger partial charge in [0.05, 0.1) is 18.2 Å². The van der Waals surface area contributed by atoms with Gasteiger partial charge in [0, 0.05) is 18.6 Å². The molecule has 0 saturated heterocycles. The van der Waals surface area contributed by atoms with Crippen LogP contribution in [0.25, 0.3) is 0 Å². The molecule has 228 valence electrons. The third-order valence-corrected chi connectivity index (χ3v) is 5.93. The van der Waals surface area contributed by atoms with Crippen LogP contribution in [0.3, 0.4) is 0 Å². The van der Waals surface area contributed by atoms with Crippen LogP contribution in [0.4, 0.5) is 0 Å². The fraction of sp³-hybridized carbons (Fsp3) is 0.438. The summed E-state index contributed by atoms with van der Waals surface area (Å²) in [7, 11) is 0. The van der Waals surface area contributed by atoms with Crippen molar-refractivity contribution in [2.75, 3.05) is 13.2 Å². The van der Waals surface area contributed by atoms with Crippen LogP contribution in [-0.2, 0) is 22.3 Å². The maximum absolute atomic E-state index is 11.3. The molecule has 0 aliphatic rings. The third kappa shape index (κ3) is 15.2. The van der Waals surface area contributed by atoms with Crippen molar-refractivity contribution < 1.29 is 29.0 Å². The Kier molecular flexibility index (Phi) is 18.8. The highest BCUT2D eigenvalue weighted by Gasteiger charge is 2.08. The highest BCUT2D eigenvalue weighted by atomic mass is 35.5. The molecule has 9 nitrogen and oxygen atoms in total. The molecule has 0 aliphatic carbocycles. The van der Waals surface area contributed by atoms with Crippen molar-refractivity contribution in [3.05, 3.63) is 88.2 Å². The first kappa shape index (κ1) is 36.2. The van der Waals surface area contributed by atoms with Crippen LogP contribution in [0.15, 0.2) is 55.0 Å². The number of hydrogen-bond acceptors (Lipinski definition) is 8. The Morgan fingerprint density at radius 2 is 1.07 bits per heavy atom. The first-order chi connectivity index (χ1) is 20.2. The van der Waals surface area contributed by atoms with Gasteiger partial charge in [-0.25, -0.2) is 29.3 Å². The number of carboxylic acid groups (broad SMARTS) is 1. The van der Waals surface area contributed by atoms with Crippen LogP contribution in [0.1, 0.15) is 109 Å². The summed E-state index contributed by atoms with van der Waals surface area (Å²) in [4.78, 5) is 44.6. The standard InChI is InChI=1S/C13H19NO2.C11H15NO2.C8H8ClNO2/c1-3-5-6-7-11-8-9-12(14-10-11)13(15)16-4-2;1-2-3-4-5-9-6-7-10(11(13)14)12-8-9;1-2-12-8(11)7-4-3-6(9)5-10-7/h8-10H,3-7H2,1-2H3;6-8H,2-5H2,1H3,(H,13,14);3-5H,2H2,1H3. The van der Waals surface area contributed by atoms with E-state index in [0.29, 0.717) is 23.9 Å². The monoisotopic (exact) mass is 599 g/mol. The van der Waals surface area contributed by atoms with Gasteiger partial charge in [-0.05, 0) is 74.9 Å². The van der Waals surface area contributed by atoms with Crippen molar-refractivity contribution in [3.63, 3.8) is 0 Å². The maximum atomic E-state index is 11.3. The van der Waals surface area contributed by atoms with Crippen molar-refractivity contribution in [2.45, 2.75) is 79.1 Å². The smallest absolute Gasteiger partial charge is 0.356 e. The lowest BCUT2D eigenvalue weighted by atomic mass is 10.1. The van der Waals surface area contributed by atoms with Gasteiger partial charge in [0.2, 0.25) is 0 Å². The van der Waals surface area contributed by atoms with Gasteiger partial charge in [0.25, 0.3) is 0 Å². The summed E-state index contributed by atoms with van der Waals surface area (Å²) in [5.74, 6) is -1.73. The van der Waals surface area contributed by atoms with Crippen LogP contribution < -0.4 is 0 Å². The van der Waals surface area contributed by atoms with E-state index in [2.05, 4.69) is 28.8 Å². The Bertz CT molecular complexity index is 1190. The average Bonchev–Trinajstić information content (AvgIpc) is 2.99. The van der Waals surface area contributed by atoms with E-state index < -0.39 is 11.9 Å². The first-order valence-electron chi connectivity index (χ1n) is 14.3. The Balaban J connectivity index is 0.000000318. The zero-order chi connectivity index (χ0) is 31.2. The number of hydrogen-bond donors (Lipinski definition) is 1. The molecule has 0 radical (unpaired) electrons. The molecule has 0 atom stereocenters. The highest BCUT2D eigenvalue weighted by Crippen LogP contribution is 2.09. The number of aryl methyl sites for hydroxylation is 2. The third-order valence-electron chi connectivity index (χ3n) is 5.70. The minimum atomic E-state index is -0.967. The molecule has 0 aliphatic heterocycles. The van der Waals surface area contributed by atoms with Crippen molar-refractivity contribution in [1.82, 2.24) is 15.0 Å². The van der Waals surface area contributed by atoms with Crippen LogP contribution in [-0.4, -0.2) is 51.2 Å². The Hall–Kier alpha value is -3.85. The van der Waals surface area contributed by atoms with Crippen LogP contribution in [0.2, 0.25) is 5.02 Å². The van der Waals surface area contributed by atoms with Crippen molar-refractivity contribution in [1.29, 1.82) is 0 Å². The predicted molar refractivity (Wildman–Crippen MR) is 163 cm³/mol. The van der Waals surface area contributed by atoms with Gasteiger partial charge in [-0.15, -0.1) is 0 Å². The summed E-state index contributed by atoms with van der Waals surface area (Å²) in [6.07, 6.45) is 14.0. The fourth-order valence-electron chi connectivity index (χ4n) is 3.46. The molecule has 10 heteroatoms. The van der Waals surface area contributed by atoms with E-state index in [4.69, 9.17) is 26.2 Å². The second kappa shape index (κ2) is 21.8. The predicted octanol–water partition coefficient (Wildman–Crippen LogP) is 7.42. The minimum absolute atomic E-state index is 0.115. The number of nitrogens with zero attached hydrogens (tertiary/aromatic N) is 3. The number of halogens is 1. The van der Waals surface area contributed by atoms with Crippen LogP contribution in [0, 0.1) is 0 Å². The summed E-state index contributed by atoms with van der Waals surface area (Å²) in [6, 6.07) is 10.2. The molecule has 3 aromatic heterocycles. The normalized spacial score (nSPS) is 9.93. The van der Waals surface area contributed by atoms with E-state index in [1.54, 1.807) is 44.4 Å². The average molecular weight is 600 g/mol. The highest BCUT2D eigenvalue weighted by molar-refractivity contribution is 6.30. The molecule has 0 unspecified atom stereocenters. The number of carbonyl (C=O) groups is 3. The maximum Gasteiger partial charge on any atom is 0.356 e. The number of ether oxygens (including phenoxy) is 2. The number of rotatable bonds is 13. The molecule has 3 heterocycles. The molecular formula is C32H42ClN3O6. The van der Waals surface area contributed by atoms with Crippen molar-refractivity contribution >= 4 is 29.5 Å². The van der Waals surface area contributed by atoms with Gasteiger partial charge < -0.3 is 14.6 Å². The molecular weight excluding hydrogens is 558 g/mol. The van der Waals surface area contributed by atoms with E-state index in [0.717, 1.165) is 24.8 Å². The zero-order valence-electron chi connectivity index (χ0n) is 25.0. The number of carboxylic acids is 1. The van der Waals surface area contributed by atoms with E-state index in [1.165, 1.54) is 49.9 Å². The zero-order valence-corrected chi connectivity index (χ0v) is 25.7. The Labute approximate surface area is 253 Å². The molecule has 0 bridgehead atoms. The van der Waals surface area contributed by atoms with Gasteiger partial charge in [0.1, 0.15) is 17.1 Å². The quantitative estimate of drug-likeness (QED) is 0.158. The summed E-state index contributed by atoms with van der Waals surface area (Å²) in [5.41, 5.74) is 3.08. The van der Waals surface area contributed by atoms with Gasteiger partial charge >= 0.3 is 17.9 Å². The summed E-state index contributed by atoms with van der Waals surface area (Å²) >= 11 is 5.58. The molecule has 3 rings (SSSR count). The summed E-state index contributed by atoms with van der Waals surface area (Å²) < 4.78 is 9.59.